The highest BCUT2D eigenvalue weighted by Gasteiger charge is 2.42. The number of hydrogen-bond donors (Lipinski definition) is 1. The first kappa shape index (κ1) is 20.8. The Hall–Kier alpha value is -3.44. The average Bonchev–Trinajstić information content (AvgIpc) is 3.04. The van der Waals surface area contributed by atoms with Gasteiger partial charge >= 0.3 is 0 Å². The van der Waals surface area contributed by atoms with Gasteiger partial charge in [-0.3, -0.25) is 9.59 Å². The Balaban J connectivity index is 1.72. The van der Waals surface area contributed by atoms with Gasteiger partial charge in [0.05, 0.1) is 11.6 Å². The lowest BCUT2D eigenvalue weighted by Crippen LogP contribution is -2.30. The van der Waals surface area contributed by atoms with Gasteiger partial charge in [-0.2, -0.15) is 0 Å². The van der Waals surface area contributed by atoms with E-state index in [0.29, 0.717) is 0 Å². The minimum atomic E-state index is -0.672. The molecule has 1 unspecified atom stereocenters. The van der Waals surface area contributed by atoms with Gasteiger partial charge < -0.3 is 10.0 Å². The standard InChI is InChI=1S/C26H20BrNO3/c27-21-14-12-20(13-15-21)24-23(22(29)16-11-18-7-3-1-4-8-18)25(30)26(31)28(24)17-19-9-5-2-6-10-19/h1-16,24,30H,17H2/b16-11+. The molecule has 3 aromatic rings. The number of carbonyl (C=O) groups excluding carboxylic acids is 2. The number of hydrogen-bond acceptors (Lipinski definition) is 3. The van der Waals surface area contributed by atoms with Gasteiger partial charge in [-0.15, -0.1) is 0 Å². The zero-order chi connectivity index (χ0) is 21.8. The monoisotopic (exact) mass is 473 g/mol. The first-order chi connectivity index (χ1) is 15.0. The molecule has 5 heteroatoms. The van der Waals surface area contributed by atoms with E-state index in [4.69, 9.17) is 0 Å². The zero-order valence-corrected chi connectivity index (χ0v) is 18.2. The number of halogens is 1. The predicted molar refractivity (Wildman–Crippen MR) is 124 cm³/mol. The molecule has 0 saturated carbocycles. The molecule has 1 N–H and O–H groups in total. The molecule has 0 bridgehead atoms. The van der Waals surface area contributed by atoms with Crippen molar-refractivity contribution < 1.29 is 14.7 Å². The normalized spacial score (nSPS) is 16.4. The van der Waals surface area contributed by atoms with Gasteiger partial charge in [-0.05, 0) is 34.9 Å². The Morgan fingerprint density at radius 3 is 2.19 bits per heavy atom. The van der Waals surface area contributed by atoms with Crippen LogP contribution in [0.5, 0.6) is 0 Å². The van der Waals surface area contributed by atoms with Crippen molar-refractivity contribution in [1.82, 2.24) is 4.90 Å². The Labute approximate surface area is 189 Å². The molecule has 3 aromatic carbocycles. The average molecular weight is 474 g/mol. The van der Waals surface area contributed by atoms with Gasteiger partial charge in [0, 0.05) is 11.0 Å². The molecule has 0 saturated heterocycles. The molecule has 4 nitrogen and oxygen atoms in total. The van der Waals surface area contributed by atoms with Crippen molar-refractivity contribution in [3.8, 4) is 0 Å². The Morgan fingerprint density at radius 1 is 0.935 bits per heavy atom. The Kier molecular flexibility index (Phi) is 6.14. The van der Waals surface area contributed by atoms with E-state index in [1.807, 2.05) is 84.9 Å². The second-order valence-electron chi connectivity index (χ2n) is 7.24. The zero-order valence-electron chi connectivity index (χ0n) is 16.6. The molecule has 1 aliphatic rings. The van der Waals surface area contributed by atoms with E-state index in [1.165, 1.54) is 11.0 Å². The molecular formula is C26H20BrNO3. The molecule has 0 aromatic heterocycles. The first-order valence-corrected chi connectivity index (χ1v) is 10.6. The first-order valence-electron chi connectivity index (χ1n) is 9.85. The van der Waals surface area contributed by atoms with Crippen LogP contribution in [0.4, 0.5) is 0 Å². The van der Waals surface area contributed by atoms with Crippen LogP contribution < -0.4 is 0 Å². The van der Waals surface area contributed by atoms with Gasteiger partial charge in [-0.1, -0.05) is 94.8 Å². The summed E-state index contributed by atoms with van der Waals surface area (Å²) in [6.07, 6.45) is 3.09. The SMILES string of the molecule is O=C(/C=C/c1ccccc1)C1=C(O)C(=O)N(Cc2ccccc2)C1c1ccc(Br)cc1. The van der Waals surface area contributed by atoms with Crippen molar-refractivity contribution in [3.05, 3.63) is 124 Å². The third-order valence-corrected chi connectivity index (χ3v) is 5.71. The fourth-order valence-electron chi connectivity index (χ4n) is 3.67. The molecule has 1 aliphatic heterocycles. The van der Waals surface area contributed by atoms with Gasteiger partial charge in [0.1, 0.15) is 0 Å². The molecule has 1 heterocycles. The largest absolute Gasteiger partial charge is 0.503 e. The summed E-state index contributed by atoms with van der Waals surface area (Å²) in [7, 11) is 0. The Bertz CT molecular complexity index is 1150. The molecule has 4 rings (SSSR count). The molecule has 0 radical (unpaired) electrons. The van der Waals surface area contributed by atoms with Crippen molar-refractivity contribution in [1.29, 1.82) is 0 Å². The van der Waals surface area contributed by atoms with E-state index >= 15 is 0 Å². The van der Waals surface area contributed by atoms with Crippen LogP contribution in [-0.2, 0) is 16.1 Å². The van der Waals surface area contributed by atoms with Gasteiger partial charge in [-0.25, -0.2) is 0 Å². The maximum Gasteiger partial charge on any atom is 0.290 e. The number of allylic oxidation sites excluding steroid dienone is 1. The van der Waals surface area contributed by atoms with Crippen LogP contribution in [0.15, 0.2) is 107 Å². The maximum absolute atomic E-state index is 13.1. The minimum Gasteiger partial charge on any atom is -0.503 e. The van der Waals surface area contributed by atoms with E-state index in [-0.39, 0.29) is 12.1 Å². The number of nitrogens with zero attached hydrogens (tertiary/aromatic N) is 1. The number of ketones is 1. The molecule has 0 spiro atoms. The molecule has 1 amide bonds. The highest BCUT2D eigenvalue weighted by Crippen LogP contribution is 2.39. The highest BCUT2D eigenvalue weighted by atomic mass is 79.9. The van der Waals surface area contributed by atoms with Gasteiger partial charge in [0.25, 0.3) is 5.91 Å². The smallest absolute Gasteiger partial charge is 0.290 e. The fraction of sp³-hybridized carbons (Fsp3) is 0.0769. The molecule has 0 fully saturated rings. The van der Waals surface area contributed by atoms with Crippen molar-refractivity contribution in [2.24, 2.45) is 0 Å². The van der Waals surface area contributed by atoms with E-state index in [0.717, 1.165) is 21.2 Å². The predicted octanol–water partition coefficient (Wildman–Crippen LogP) is 5.63. The van der Waals surface area contributed by atoms with Crippen LogP contribution in [-0.4, -0.2) is 21.7 Å². The topological polar surface area (TPSA) is 57.6 Å². The molecule has 1 atom stereocenters. The number of benzene rings is 3. The van der Waals surface area contributed by atoms with E-state index in [1.54, 1.807) is 6.08 Å². The van der Waals surface area contributed by atoms with E-state index < -0.39 is 23.5 Å². The lowest BCUT2D eigenvalue weighted by Gasteiger charge is -2.26. The summed E-state index contributed by atoms with van der Waals surface area (Å²) in [5.74, 6) is -1.43. The van der Waals surface area contributed by atoms with Gasteiger partial charge in [0.15, 0.2) is 11.5 Å². The lowest BCUT2D eigenvalue weighted by molar-refractivity contribution is -0.130. The molecule has 154 valence electrons. The Morgan fingerprint density at radius 2 is 1.55 bits per heavy atom. The number of carbonyl (C=O) groups is 2. The minimum absolute atomic E-state index is 0.0930. The van der Waals surface area contributed by atoms with Crippen molar-refractivity contribution >= 4 is 33.7 Å². The third-order valence-electron chi connectivity index (χ3n) is 5.18. The summed E-state index contributed by atoms with van der Waals surface area (Å²) in [4.78, 5) is 27.7. The maximum atomic E-state index is 13.1. The third kappa shape index (κ3) is 4.52. The summed E-state index contributed by atoms with van der Waals surface area (Å²) >= 11 is 3.42. The second-order valence-corrected chi connectivity index (χ2v) is 8.16. The summed E-state index contributed by atoms with van der Waals surface area (Å²) in [5, 5.41) is 10.7. The molecular weight excluding hydrogens is 454 g/mol. The quantitative estimate of drug-likeness (QED) is 0.472. The van der Waals surface area contributed by atoms with Gasteiger partial charge in [0.2, 0.25) is 0 Å². The summed E-state index contributed by atoms with van der Waals surface area (Å²) in [6.45, 7) is 0.281. The number of aliphatic hydroxyl groups excluding tert-OH is 1. The number of aliphatic hydroxyl groups is 1. The van der Waals surface area contributed by atoms with Crippen LogP contribution in [0.1, 0.15) is 22.7 Å². The summed E-state index contributed by atoms with van der Waals surface area (Å²) in [6, 6.07) is 25.7. The summed E-state index contributed by atoms with van der Waals surface area (Å²) in [5.41, 5.74) is 2.63. The lowest BCUT2D eigenvalue weighted by atomic mass is 9.95. The van der Waals surface area contributed by atoms with Crippen LogP contribution >= 0.6 is 15.9 Å². The van der Waals surface area contributed by atoms with E-state index in [9.17, 15) is 14.7 Å². The van der Waals surface area contributed by atoms with Crippen LogP contribution in [0.2, 0.25) is 0 Å². The van der Waals surface area contributed by atoms with Crippen molar-refractivity contribution in [2.75, 3.05) is 0 Å². The van der Waals surface area contributed by atoms with Crippen molar-refractivity contribution in [3.63, 3.8) is 0 Å². The second kappa shape index (κ2) is 9.14. The molecule has 0 aliphatic carbocycles. The highest BCUT2D eigenvalue weighted by molar-refractivity contribution is 9.10. The van der Waals surface area contributed by atoms with E-state index in [2.05, 4.69) is 15.9 Å². The van der Waals surface area contributed by atoms with Crippen LogP contribution in [0.25, 0.3) is 6.08 Å². The molecule has 31 heavy (non-hydrogen) atoms. The fourth-order valence-corrected chi connectivity index (χ4v) is 3.93. The number of amides is 1. The summed E-state index contributed by atoms with van der Waals surface area (Å²) < 4.78 is 0.889. The van der Waals surface area contributed by atoms with Crippen LogP contribution in [0.3, 0.4) is 0 Å². The van der Waals surface area contributed by atoms with Crippen molar-refractivity contribution in [2.45, 2.75) is 12.6 Å². The van der Waals surface area contributed by atoms with Crippen LogP contribution in [0, 0.1) is 0 Å². The number of rotatable bonds is 6.